The van der Waals surface area contributed by atoms with Crippen molar-refractivity contribution < 1.29 is 19.1 Å². The molecule has 0 aliphatic carbocycles. The Kier molecular flexibility index (Phi) is 6.11. The second-order valence-electron chi connectivity index (χ2n) is 7.16. The molecule has 8 heteroatoms. The van der Waals surface area contributed by atoms with Crippen LogP contribution in [0.1, 0.15) is 19.3 Å². The van der Waals surface area contributed by atoms with Crippen molar-refractivity contribution in [2.24, 2.45) is 5.92 Å². The van der Waals surface area contributed by atoms with Crippen LogP contribution in [-0.4, -0.2) is 62.7 Å². The number of ether oxygens (including phenoxy) is 2. The number of fused-ring (bicyclic) bond motifs is 1. The maximum Gasteiger partial charge on any atom is 0.228 e. The van der Waals surface area contributed by atoms with E-state index in [0.29, 0.717) is 31.3 Å². The Hall–Kier alpha value is -1.99. The molecule has 4 rings (SSSR count). The molecule has 7 nitrogen and oxygen atoms in total. The molecule has 0 spiro atoms. The molecule has 1 N–H and O–H groups in total. The lowest BCUT2D eigenvalue weighted by atomic mass is 10.0. The normalized spacial score (nSPS) is 22.3. The summed E-state index contributed by atoms with van der Waals surface area (Å²) in [7, 11) is 1.87. The van der Waals surface area contributed by atoms with E-state index in [0.717, 1.165) is 31.6 Å². The molecule has 0 bridgehead atoms. The fraction of sp³-hybridized carbons (Fsp3) is 0.579. The van der Waals surface area contributed by atoms with E-state index in [1.165, 1.54) is 0 Å². The molecule has 3 heterocycles. The summed E-state index contributed by atoms with van der Waals surface area (Å²) in [5, 5.41) is 3.32. The quantitative estimate of drug-likeness (QED) is 0.838. The number of hydrogen-bond donors (Lipinski definition) is 1. The van der Waals surface area contributed by atoms with Gasteiger partial charge in [-0.1, -0.05) is 0 Å². The summed E-state index contributed by atoms with van der Waals surface area (Å²) in [5.74, 6) is 1.13. The first-order valence-corrected chi connectivity index (χ1v) is 9.31. The van der Waals surface area contributed by atoms with Gasteiger partial charge in [0.2, 0.25) is 11.8 Å². The van der Waals surface area contributed by atoms with Crippen LogP contribution in [0, 0.1) is 5.92 Å². The van der Waals surface area contributed by atoms with Gasteiger partial charge in [0.15, 0.2) is 11.5 Å². The third kappa shape index (κ3) is 3.99. The van der Waals surface area contributed by atoms with Crippen LogP contribution >= 0.6 is 12.4 Å². The Bertz CT molecular complexity index is 708. The Morgan fingerprint density at radius 2 is 1.89 bits per heavy atom. The van der Waals surface area contributed by atoms with Gasteiger partial charge in [-0.15, -0.1) is 12.4 Å². The maximum absolute atomic E-state index is 12.9. The smallest absolute Gasteiger partial charge is 0.228 e. The zero-order chi connectivity index (χ0) is 18.1. The van der Waals surface area contributed by atoms with Gasteiger partial charge in [0.25, 0.3) is 0 Å². The minimum atomic E-state index is -0.282. The van der Waals surface area contributed by atoms with E-state index in [9.17, 15) is 9.59 Å². The third-order valence-electron chi connectivity index (χ3n) is 5.52. The number of nitrogens with zero attached hydrogens (tertiary/aromatic N) is 2. The molecule has 3 aliphatic rings. The lowest BCUT2D eigenvalue weighted by Crippen LogP contribution is -2.46. The van der Waals surface area contributed by atoms with Crippen molar-refractivity contribution >= 4 is 29.9 Å². The monoisotopic (exact) mass is 395 g/mol. The molecule has 2 saturated heterocycles. The van der Waals surface area contributed by atoms with Gasteiger partial charge >= 0.3 is 0 Å². The maximum atomic E-state index is 12.9. The largest absolute Gasteiger partial charge is 0.486 e. The van der Waals surface area contributed by atoms with Gasteiger partial charge in [0, 0.05) is 37.8 Å². The Morgan fingerprint density at radius 3 is 2.63 bits per heavy atom. The van der Waals surface area contributed by atoms with Gasteiger partial charge < -0.3 is 24.6 Å². The summed E-state index contributed by atoms with van der Waals surface area (Å²) >= 11 is 0. The lowest BCUT2D eigenvalue weighted by molar-refractivity contribution is -0.137. The van der Waals surface area contributed by atoms with E-state index in [1.807, 2.05) is 30.1 Å². The molecular weight excluding hydrogens is 370 g/mol. The van der Waals surface area contributed by atoms with Crippen LogP contribution in [-0.2, 0) is 9.59 Å². The SMILES string of the molecule is CN(C(=O)C1CC(=O)N(c2ccc3c(c2)OCCO3)C1)C1CCNCC1.Cl. The fourth-order valence-electron chi connectivity index (χ4n) is 3.98. The van der Waals surface area contributed by atoms with E-state index >= 15 is 0 Å². The van der Waals surface area contributed by atoms with Crippen LogP contribution in [0.2, 0.25) is 0 Å². The van der Waals surface area contributed by atoms with E-state index < -0.39 is 0 Å². The fourth-order valence-corrected chi connectivity index (χ4v) is 3.98. The van der Waals surface area contributed by atoms with Crippen molar-refractivity contribution in [2.45, 2.75) is 25.3 Å². The predicted octanol–water partition coefficient (Wildman–Crippen LogP) is 1.44. The number of benzene rings is 1. The summed E-state index contributed by atoms with van der Waals surface area (Å²) in [6.07, 6.45) is 2.20. The van der Waals surface area contributed by atoms with Crippen molar-refractivity contribution in [1.82, 2.24) is 10.2 Å². The molecule has 3 aliphatic heterocycles. The second kappa shape index (κ2) is 8.35. The first-order chi connectivity index (χ1) is 12.6. The number of halogens is 1. The summed E-state index contributed by atoms with van der Waals surface area (Å²) < 4.78 is 11.1. The minimum absolute atomic E-state index is 0. The highest BCUT2D eigenvalue weighted by Gasteiger charge is 2.38. The Balaban J connectivity index is 0.00000210. The summed E-state index contributed by atoms with van der Waals surface area (Å²) in [6.45, 7) is 3.35. The average molecular weight is 396 g/mol. The van der Waals surface area contributed by atoms with Crippen molar-refractivity contribution in [3.63, 3.8) is 0 Å². The van der Waals surface area contributed by atoms with Crippen LogP contribution in [0.4, 0.5) is 5.69 Å². The molecule has 1 aromatic rings. The molecule has 27 heavy (non-hydrogen) atoms. The highest BCUT2D eigenvalue weighted by atomic mass is 35.5. The summed E-state index contributed by atoms with van der Waals surface area (Å²) in [4.78, 5) is 29.0. The number of nitrogens with one attached hydrogen (secondary N) is 1. The number of amides is 2. The molecule has 2 fully saturated rings. The molecular formula is C19H26ClN3O4. The van der Waals surface area contributed by atoms with Gasteiger partial charge in [0.1, 0.15) is 13.2 Å². The van der Waals surface area contributed by atoms with Crippen molar-refractivity contribution in [3.05, 3.63) is 18.2 Å². The Morgan fingerprint density at radius 1 is 1.19 bits per heavy atom. The molecule has 1 atom stereocenters. The molecule has 0 saturated carbocycles. The summed E-state index contributed by atoms with van der Waals surface area (Å²) in [6, 6.07) is 5.78. The zero-order valence-corrected chi connectivity index (χ0v) is 16.3. The zero-order valence-electron chi connectivity index (χ0n) is 15.5. The van der Waals surface area contributed by atoms with Gasteiger partial charge in [-0.05, 0) is 38.1 Å². The lowest BCUT2D eigenvalue weighted by Gasteiger charge is -2.33. The number of rotatable bonds is 3. The van der Waals surface area contributed by atoms with Crippen LogP contribution in [0.15, 0.2) is 18.2 Å². The van der Waals surface area contributed by atoms with E-state index in [1.54, 1.807) is 4.90 Å². The minimum Gasteiger partial charge on any atom is -0.486 e. The van der Waals surface area contributed by atoms with Crippen LogP contribution < -0.4 is 19.7 Å². The number of anilines is 1. The van der Waals surface area contributed by atoms with Crippen molar-refractivity contribution in [2.75, 3.05) is 44.8 Å². The third-order valence-corrected chi connectivity index (χ3v) is 5.52. The summed E-state index contributed by atoms with van der Waals surface area (Å²) in [5.41, 5.74) is 0.763. The second-order valence-corrected chi connectivity index (χ2v) is 7.16. The van der Waals surface area contributed by atoms with Crippen molar-refractivity contribution in [3.8, 4) is 11.5 Å². The van der Waals surface area contributed by atoms with Gasteiger partial charge in [-0.3, -0.25) is 9.59 Å². The highest BCUT2D eigenvalue weighted by molar-refractivity contribution is 6.00. The predicted molar refractivity (Wildman–Crippen MR) is 104 cm³/mol. The van der Waals surface area contributed by atoms with E-state index in [-0.39, 0.29) is 42.6 Å². The van der Waals surface area contributed by atoms with E-state index in [4.69, 9.17) is 9.47 Å². The highest BCUT2D eigenvalue weighted by Crippen LogP contribution is 2.36. The first-order valence-electron chi connectivity index (χ1n) is 9.31. The molecule has 1 unspecified atom stereocenters. The molecule has 148 valence electrons. The van der Waals surface area contributed by atoms with Crippen LogP contribution in [0.25, 0.3) is 0 Å². The van der Waals surface area contributed by atoms with Gasteiger partial charge in [-0.25, -0.2) is 0 Å². The Labute approximate surface area is 165 Å². The van der Waals surface area contributed by atoms with E-state index in [2.05, 4.69) is 5.32 Å². The standard InChI is InChI=1S/C19H25N3O4.ClH/c1-21(14-4-6-20-7-5-14)19(24)13-10-18(23)22(12-13)15-2-3-16-17(11-15)26-9-8-25-16;/h2-3,11,13-14,20H,4-10,12H2,1H3;1H. The molecule has 0 radical (unpaired) electrons. The number of piperidine rings is 1. The molecule has 2 amide bonds. The van der Waals surface area contributed by atoms with Gasteiger partial charge in [-0.2, -0.15) is 0 Å². The molecule has 0 aromatic heterocycles. The number of carbonyl (C=O) groups excluding carboxylic acids is 2. The van der Waals surface area contributed by atoms with Crippen LogP contribution in [0.5, 0.6) is 11.5 Å². The van der Waals surface area contributed by atoms with Crippen LogP contribution in [0.3, 0.4) is 0 Å². The average Bonchev–Trinajstić information content (AvgIpc) is 3.08. The first kappa shape index (κ1) is 19.8. The molecule has 1 aromatic carbocycles. The number of hydrogen-bond acceptors (Lipinski definition) is 5. The topological polar surface area (TPSA) is 71.1 Å². The number of carbonyl (C=O) groups is 2. The van der Waals surface area contributed by atoms with Crippen molar-refractivity contribution in [1.29, 1.82) is 0 Å². The van der Waals surface area contributed by atoms with Gasteiger partial charge in [0.05, 0.1) is 5.92 Å².